The van der Waals surface area contributed by atoms with E-state index in [9.17, 15) is 24.6 Å². The van der Waals surface area contributed by atoms with E-state index in [-0.39, 0.29) is 24.6 Å². The molecule has 8 nitrogen and oxygen atoms in total. The van der Waals surface area contributed by atoms with Crippen LogP contribution in [0, 0.1) is 5.92 Å². The molecule has 152 valence electrons. The summed E-state index contributed by atoms with van der Waals surface area (Å²) in [5.74, 6) is -2.26. The summed E-state index contributed by atoms with van der Waals surface area (Å²) in [6, 6.07) is 4.88. The molecule has 1 aromatic carbocycles. The zero-order valence-corrected chi connectivity index (χ0v) is 16.5. The van der Waals surface area contributed by atoms with E-state index in [0.29, 0.717) is 11.6 Å². The number of carbonyl (C=O) groups is 2. The molecular formula is C19H24ClN3O5. The van der Waals surface area contributed by atoms with Crippen molar-refractivity contribution >= 4 is 23.5 Å². The highest BCUT2D eigenvalue weighted by Gasteiger charge is 2.27. The zero-order valence-electron chi connectivity index (χ0n) is 15.7. The van der Waals surface area contributed by atoms with Gasteiger partial charge in [-0.2, -0.15) is 0 Å². The lowest BCUT2D eigenvalue weighted by Gasteiger charge is -2.21. The summed E-state index contributed by atoms with van der Waals surface area (Å²) in [7, 11) is 0. The first-order valence-corrected chi connectivity index (χ1v) is 9.26. The van der Waals surface area contributed by atoms with Crippen molar-refractivity contribution < 1.29 is 19.8 Å². The monoisotopic (exact) mass is 409 g/mol. The Kier molecular flexibility index (Phi) is 7.42. The van der Waals surface area contributed by atoms with Crippen molar-refractivity contribution in [2.45, 2.75) is 45.4 Å². The van der Waals surface area contributed by atoms with Crippen LogP contribution in [0.25, 0.3) is 0 Å². The summed E-state index contributed by atoms with van der Waals surface area (Å²) in [5.41, 5.74) is 0.451. The molecule has 9 heteroatoms. The standard InChI is InChI=1S/C19H24ClN3O5/c1-12(2)8-15(17(24)25)21-16(18(26)27)11-23-7-6-22(19(23)28)10-13-4-3-5-14(20)9-13/h3-7,9,12,15-16,21H,8,10-11H2,1-2H3,(H,24,25)(H,26,27)/t15-,16?/m0/s1. The van der Waals surface area contributed by atoms with Gasteiger partial charge < -0.3 is 10.2 Å². The van der Waals surface area contributed by atoms with E-state index in [0.717, 1.165) is 5.56 Å². The third kappa shape index (κ3) is 5.97. The van der Waals surface area contributed by atoms with E-state index in [1.54, 1.807) is 24.4 Å². The van der Waals surface area contributed by atoms with Crippen LogP contribution in [0.5, 0.6) is 0 Å². The molecule has 1 heterocycles. The summed E-state index contributed by atoms with van der Waals surface area (Å²) >= 11 is 5.96. The van der Waals surface area contributed by atoms with E-state index < -0.39 is 24.0 Å². The van der Waals surface area contributed by atoms with Crippen LogP contribution >= 0.6 is 11.6 Å². The van der Waals surface area contributed by atoms with Gasteiger partial charge in [-0.3, -0.25) is 24.0 Å². The molecule has 2 aromatic rings. The SMILES string of the molecule is CC(C)C[C@H](NC(Cn1ccn(Cc2cccc(Cl)c2)c1=O)C(=O)O)C(=O)O. The van der Waals surface area contributed by atoms with Gasteiger partial charge in [0.25, 0.3) is 0 Å². The second-order valence-corrected chi connectivity index (χ2v) is 7.51. The van der Waals surface area contributed by atoms with E-state index in [4.69, 9.17) is 11.6 Å². The molecule has 0 saturated carbocycles. The fourth-order valence-electron chi connectivity index (χ4n) is 2.90. The summed E-state index contributed by atoms with van der Waals surface area (Å²) < 4.78 is 2.69. The zero-order chi connectivity index (χ0) is 20.8. The quantitative estimate of drug-likeness (QED) is 0.552. The van der Waals surface area contributed by atoms with Crippen molar-refractivity contribution in [3.63, 3.8) is 0 Å². The number of aromatic nitrogens is 2. The summed E-state index contributed by atoms with van der Waals surface area (Å²) in [4.78, 5) is 35.6. The second kappa shape index (κ2) is 9.57. The summed E-state index contributed by atoms with van der Waals surface area (Å²) in [6.45, 7) is 3.82. The Balaban J connectivity index is 2.15. The Morgan fingerprint density at radius 2 is 1.75 bits per heavy atom. The van der Waals surface area contributed by atoms with Crippen molar-refractivity contribution in [3.8, 4) is 0 Å². The van der Waals surface area contributed by atoms with Gasteiger partial charge >= 0.3 is 17.6 Å². The number of hydrogen-bond donors (Lipinski definition) is 3. The first-order valence-electron chi connectivity index (χ1n) is 8.89. The number of carboxylic acid groups (broad SMARTS) is 2. The topological polar surface area (TPSA) is 114 Å². The molecule has 0 fully saturated rings. The fraction of sp³-hybridized carbons (Fsp3) is 0.421. The Bertz CT molecular complexity index is 890. The van der Waals surface area contributed by atoms with Gasteiger partial charge in [-0.15, -0.1) is 0 Å². The summed E-state index contributed by atoms with van der Waals surface area (Å²) in [6.07, 6.45) is 3.33. The molecule has 28 heavy (non-hydrogen) atoms. The number of benzene rings is 1. The molecule has 0 bridgehead atoms. The van der Waals surface area contributed by atoms with Crippen LogP contribution in [0.15, 0.2) is 41.5 Å². The van der Waals surface area contributed by atoms with Gasteiger partial charge in [-0.25, -0.2) is 4.79 Å². The van der Waals surface area contributed by atoms with Crippen molar-refractivity contribution in [3.05, 3.63) is 57.7 Å². The van der Waals surface area contributed by atoms with E-state index in [1.807, 2.05) is 19.9 Å². The predicted octanol–water partition coefficient (Wildman–Crippen LogP) is 1.89. The maximum Gasteiger partial charge on any atom is 0.328 e. The van der Waals surface area contributed by atoms with Gasteiger partial charge in [0.15, 0.2) is 0 Å². The Morgan fingerprint density at radius 1 is 1.11 bits per heavy atom. The van der Waals surface area contributed by atoms with Crippen LogP contribution in [0.1, 0.15) is 25.8 Å². The fourth-order valence-corrected chi connectivity index (χ4v) is 3.11. The van der Waals surface area contributed by atoms with Gasteiger partial charge in [-0.1, -0.05) is 37.6 Å². The number of imidazole rings is 1. The molecule has 0 aliphatic heterocycles. The normalized spacial score (nSPS) is 13.4. The van der Waals surface area contributed by atoms with E-state index >= 15 is 0 Å². The Morgan fingerprint density at radius 3 is 2.32 bits per heavy atom. The number of rotatable bonds is 10. The third-order valence-corrected chi connectivity index (χ3v) is 4.48. The molecular weight excluding hydrogens is 386 g/mol. The van der Waals surface area contributed by atoms with Gasteiger partial charge in [0.05, 0.1) is 13.1 Å². The lowest BCUT2D eigenvalue weighted by atomic mass is 10.0. The van der Waals surface area contributed by atoms with Gasteiger partial charge in [0.1, 0.15) is 12.1 Å². The minimum absolute atomic E-state index is 0.0737. The second-order valence-electron chi connectivity index (χ2n) is 7.07. The minimum Gasteiger partial charge on any atom is -0.480 e. The summed E-state index contributed by atoms with van der Waals surface area (Å²) in [5, 5.41) is 22.0. The van der Waals surface area contributed by atoms with Crippen LogP contribution in [-0.4, -0.2) is 43.4 Å². The van der Waals surface area contributed by atoms with Crippen molar-refractivity contribution in [1.29, 1.82) is 0 Å². The van der Waals surface area contributed by atoms with Crippen LogP contribution in [0.2, 0.25) is 5.02 Å². The number of halogens is 1. The number of aliphatic carboxylic acids is 2. The molecule has 0 amide bonds. The molecule has 1 unspecified atom stereocenters. The Hall–Kier alpha value is -2.58. The van der Waals surface area contributed by atoms with Crippen molar-refractivity contribution in [2.24, 2.45) is 5.92 Å². The number of carboxylic acids is 2. The molecule has 2 rings (SSSR count). The number of nitrogens with zero attached hydrogens (tertiary/aromatic N) is 2. The highest BCUT2D eigenvalue weighted by molar-refractivity contribution is 6.30. The molecule has 3 N–H and O–H groups in total. The Labute approximate surface area is 167 Å². The van der Waals surface area contributed by atoms with Gasteiger partial charge in [0, 0.05) is 17.4 Å². The minimum atomic E-state index is -1.22. The third-order valence-electron chi connectivity index (χ3n) is 4.24. The average Bonchev–Trinajstić information content (AvgIpc) is 2.93. The van der Waals surface area contributed by atoms with E-state index in [2.05, 4.69) is 5.32 Å². The highest BCUT2D eigenvalue weighted by atomic mass is 35.5. The van der Waals surface area contributed by atoms with E-state index in [1.165, 1.54) is 15.3 Å². The molecule has 0 saturated heterocycles. The first kappa shape index (κ1) is 21.7. The van der Waals surface area contributed by atoms with Gasteiger partial charge in [0.2, 0.25) is 0 Å². The molecule has 0 aliphatic carbocycles. The molecule has 0 aliphatic rings. The van der Waals surface area contributed by atoms with Crippen LogP contribution < -0.4 is 11.0 Å². The van der Waals surface area contributed by atoms with Crippen LogP contribution in [0.3, 0.4) is 0 Å². The molecule has 1 aromatic heterocycles. The van der Waals surface area contributed by atoms with Gasteiger partial charge in [-0.05, 0) is 30.0 Å². The molecule has 2 atom stereocenters. The highest BCUT2D eigenvalue weighted by Crippen LogP contribution is 2.11. The number of nitrogens with one attached hydrogen (secondary N) is 1. The maximum atomic E-state index is 12.6. The van der Waals surface area contributed by atoms with Crippen molar-refractivity contribution in [2.75, 3.05) is 0 Å². The lowest BCUT2D eigenvalue weighted by Crippen LogP contribution is -2.50. The maximum absolute atomic E-state index is 12.6. The van der Waals surface area contributed by atoms with Crippen molar-refractivity contribution in [1.82, 2.24) is 14.5 Å². The van der Waals surface area contributed by atoms with Crippen LogP contribution in [-0.2, 0) is 22.7 Å². The smallest absolute Gasteiger partial charge is 0.328 e. The predicted molar refractivity (Wildman–Crippen MR) is 105 cm³/mol. The van der Waals surface area contributed by atoms with Crippen LogP contribution in [0.4, 0.5) is 0 Å². The first-order chi connectivity index (χ1) is 13.2. The molecule has 0 radical (unpaired) electrons. The number of hydrogen-bond acceptors (Lipinski definition) is 4. The molecule has 0 spiro atoms. The largest absolute Gasteiger partial charge is 0.480 e. The lowest BCUT2D eigenvalue weighted by molar-refractivity contribution is -0.143. The average molecular weight is 410 g/mol.